The van der Waals surface area contributed by atoms with Crippen LogP contribution in [0.3, 0.4) is 0 Å². The molecule has 2 unspecified atom stereocenters. The van der Waals surface area contributed by atoms with Crippen LogP contribution in [0.4, 0.5) is 0 Å². The molecule has 142 valence electrons. The van der Waals surface area contributed by atoms with E-state index in [-0.39, 0.29) is 17.2 Å². The summed E-state index contributed by atoms with van der Waals surface area (Å²) in [6, 6.07) is 5.99. The molecule has 2 aliphatic rings. The highest BCUT2D eigenvalue weighted by Crippen LogP contribution is 2.59. The van der Waals surface area contributed by atoms with E-state index in [0.29, 0.717) is 19.0 Å². The van der Waals surface area contributed by atoms with E-state index in [1.807, 2.05) is 17.0 Å². The van der Waals surface area contributed by atoms with Crippen LogP contribution in [-0.2, 0) is 9.59 Å². The molecule has 1 saturated carbocycles. The average molecular weight is 359 g/mol. The molecule has 1 heterocycles. The number of carbonyl (C=O) groups is 2. The first-order chi connectivity index (χ1) is 12.2. The van der Waals surface area contributed by atoms with E-state index in [9.17, 15) is 14.7 Å². The zero-order chi connectivity index (χ0) is 19.1. The van der Waals surface area contributed by atoms with E-state index < -0.39 is 12.1 Å². The SMILES string of the molecule is Cc1cc(OC(C)C(=O)N2CCC3(CC2)CC3C(=O)O)ccc1C(C)C. The van der Waals surface area contributed by atoms with E-state index in [1.165, 1.54) is 11.1 Å². The molecule has 1 amide bonds. The van der Waals surface area contributed by atoms with Crippen molar-refractivity contribution in [2.24, 2.45) is 11.3 Å². The number of nitrogens with zero attached hydrogens (tertiary/aromatic N) is 1. The Morgan fingerprint density at radius 3 is 2.38 bits per heavy atom. The number of hydrogen-bond donors (Lipinski definition) is 1. The highest BCUT2D eigenvalue weighted by Gasteiger charge is 2.59. The molecule has 1 aromatic carbocycles. The third-order valence-corrected chi connectivity index (χ3v) is 6.08. The molecule has 1 aromatic rings. The first-order valence-electron chi connectivity index (χ1n) is 9.52. The number of carboxylic acid groups (broad SMARTS) is 1. The van der Waals surface area contributed by atoms with Crippen LogP contribution in [0.25, 0.3) is 0 Å². The Morgan fingerprint density at radius 2 is 1.88 bits per heavy atom. The third kappa shape index (κ3) is 3.57. The fourth-order valence-electron chi connectivity index (χ4n) is 4.30. The average Bonchev–Trinajstić information content (AvgIpc) is 3.28. The summed E-state index contributed by atoms with van der Waals surface area (Å²) in [6.07, 6.45) is 1.79. The van der Waals surface area contributed by atoms with E-state index >= 15 is 0 Å². The van der Waals surface area contributed by atoms with Gasteiger partial charge in [0.25, 0.3) is 5.91 Å². The number of aliphatic carboxylic acids is 1. The fourth-order valence-corrected chi connectivity index (χ4v) is 4.30. The second kappa shape index (κ2) is 6.93. The van der Waals surface area contributed by atoms with Gasteiger partial charge < -0.3 is 14.7 Å². The minimum absolute atomic E-state index is 0.0158. The molecule has 1 spiro atoms. The van der Waals surface area contributed by atoms with Crippen LogP contribution in [0.15, 0.2) is 18.2 Å². The highest BCUT2D eigenvalue weighted by molar-refractivity contribution is 5.81. The van der Waals surface area contributed by atoms with Crippen LogP contribution < -0.4 is 4.74 Å². The summed E-state index contributed by atoms with van der Waals surface area (Å²) in [5.41, 5.74) is 2.40. The first-order valence-corrected chi connectivity index (χ1v) is 9.52. The molecule has 1 aliphatic heterocycles. The number of aryl methyl sites for hydroxylation is 1. The topological polar surface area (TPSA) is 66.8 Å². The van der Waals surface area contributed by atoms with Crippen molar-refractivity contribution >= 4 is 11.9 Å². The molecule has 0 radical (unpaired) electrons. The van der Waals surface area contributed by atoms with Crippen LogP contribution in [0.5, 0.6) is 5.75 Å². The van der Waals surface area contributed by atoms with Crippen molar-refractivity contribution in [3.63, 3.8) is 0 Å². The van der Waals surface area contributed by atoms with Gasteiger partial charge >= 0.3 is 5.97 Å². The third-order valence-electron chi connectivity index (χ3n) is 6.08. The summed E-state index contributed by atoms with van der Waals surface area (Å²) in [6.45, 7) is 9.42. The molecule has 5 nitrogen and oxygen atoms in total. The molecule has 26 heavy (non-hydrogen) atoms. The highest BCUT2D eigenvalue weighted by atomic mass is 16.5. The zero-order valence-corrected chi connectivity index (χ0v) is 16.1. The minimum atomic E-state index is -0.693. The molecule has 5 heteroatoms. The van der Waals surface area contributed by atoms with Gasteiger partial charge in [-0.1, -0.05) is 19.9 Å². The van der Waals surface area contributed by atoms with Gasteiger partial charge in [-0.3, -0.25) is 9.59 Å². The lowest BCUT2D eigenvalue weighted by atomic mass is 9.90. The standard InChI is InChI=1S/C21H29NO4/c1-13(2)17-6-5-16(11-14(17)3)26-15(4)19(23)22-9-7-21(8-10-22)12-18(21)20(24)25/h5-6,11,13,15,18H,7-10,12H2,1-4H3,(H,24,25). The lowest BCUT2D eigenvalue weighted by Gasteiger charge is -2.34. The van der Waals surface area contributed by atoms with Gasteiger partial charge in [0.2, 0.25) is 0 Å². The van der Waals surface area contributed by atoms with E-state index in [4.69, 9.17) is 4.74 Å². The number of hydrogen-bond acceptors (Lipinski definition) is 3. The number of carbonyl (C=O) groups excluding carboxylic acids is 1. The molecular formula is C21H29NO4. The summed E-state index contributed by atoms with van der Waals surface area (Å²) in [5, 5.41) is 9.17. The summed E-state index contributed by atoms with van der Waals surface area (Å²) in [5.74, 6) is 0.255. The van der Waals surface area contributed by atoms with Gasteiger partial charge in [0.1, 0.15) is 5.75 Å². The maximum atomic E-state index is 12.7. The number of ether oxygens (including phenoxy) is 1. The maximum absolute atomic E-state index is 12.7. The van der Waals surface area contributed by atoms with Crippen LogP contribution in [0, 0.1) is 18.3 Å². The summed E-state index contributed by atoms with van der Waals surface area (Å²) in [4.78, 5) is 25.7. The van der Waals surface area contributed by atoms with Gasteiger partial charge in [-0.2, -0.15) is 0 Å². The quantitative estimate of drug-likeness (QED) is 0.872. The molecule has 2 atom stereocenters. The van der Waals surface area contributed by atoms with Gasteiger partial charge in [-0.15, -0.1) is 0 Å². The Bertz CT molecular complexity index is 704. The molecule has 0 aromatic heterocycles. The normalized spacial score (nSPS) is 22.3. The molecule has 1 saturated heterocycles. The van der Waals surface area contributed by atoms with Crippen LogP contribution in [0.2, 0.25) is 0 Å². The summed E-state index contributed by atoms with van der Waals surface area (Å²) < 4.78 is 5.89. The number of benzene rings is 1. The Hall–Kier alpha value is -2.04. The van der Waals surface area contributed by atoms with Gasteiger partial charge in [0, 0.05) is 13.1 Å². The van der Waals surface area contributed by atoms with Gasteiger partial charge in [-0.25, -0.2) is 0 Å². The fraction of sp³-hybridized carbons (Fsp3) is 0.619. The number of rotatable bonds is 5. The van der Waals surface area contributed by atoms with Crippen LogP contribution in [-0.4, -0.2) is 41.1 Å². The Balaban J connectivity index is 1.56. The zero-order valence-electron chi connectivity index (χ0n) is 16.1. The lowest BCUT2D eigenvalue weighted by molar-refractivity contribution is -0.141. The molecule has 1 aliphatic carbocycles. The number of amides is 1. The summed E-state index contributed by atoms with van der Waals surface area (Å²) >= 11 is 0. The second-order valence-electron chi connectivity index (χ2n) is 8.22. The smallest absolute Gasteiger partial charge is 0.307 e. The van der Waals surface area contributed by atoms with E-state index in [1.54, 1.807) is 6.92 Å². The van der Waals surface area contributed by atoms with Crippen molar-refractivity contribution in [2.45, 2.75) is 59.0 Å². The lowest BCUT2D eigenvalue weighted by Crippen LogP contribution is -2.45. The van der Waals surface area contributed by atoms with E-state index in [0.717, 1.165) is 25.0 Å². The van der Waals surface area contributed by atoms with Crippen molar-refractivity contribution in [1.29, 1.82) is 0 Å². The number of likely N-dealkylation sites (tertiary alicyclic amines) is 1. The molecule has 2 fully saturated rings. The van der Waals surface area contributed by atoms with Gasteiger partial charge in [0.05, 0.1) is 5.92 Å². The van der Waals surface area contributed by atoms with E-state index in [2.05, 4.69) is 26.8 Å². The van der Waals surface area contributed by atoms with Crippen molar-refractivity contribution in [2.75, 3.05) is 13.1 Å². The second-order valence-corrected chi connectivity index (χ2v) is 8.22. The predicted molar refractivity (Wildman–Crippen MR) is 99.3 cm³/mol. The monoisotopic (exact) mass is 359 g/mol. The Kier molecular flexibility index (Phi) is 5.00. The molecule has 1 N–H and O–H groups in total. The van der Waals surface area contributed by atoms with Gasteiger partial charge in [0.15, 0.2) is 6.10 Å². The Morgan fingerprint density at radius 1 is 1.23 bits per heavy atom. The van der Waals surface area contributed by atoms with Crippen molar-refractivity contribution < 1.29 is 19.4 Å². The molecule has 3 rings (SSSR count). The Labute approximate surface area is 155 Å². The number of carboxylic acids is 1. The molecule has 0 bridgehead atoms. The van der Waals surface area contributed by atoms with Crippen molar-refractivity contribution in [1.82, 2.24) is 4.90 Å². The predicted octanol–water partition coefficient (Wildman–Crippen LogP) is 3.60. The van der Waals surface area contributed by atoms with Gasteiger partial charge in [-0.05, 0) is 67.7 Å². The minimum Gasteiger partial charge on any atom is -0.481 e. The number of piperidine rings is 1. The van der Waals surface area contributed by atoms with Crippen LogP contribution in [0.1, 0.15) is 57.1 Å². The largest absolute Gasteiger partial charge is 0.481 e. The van der Waals surface area contributed by atoms with Crippen molar-refractivity contribution in [3.8, 4) is 5.75 Å². The molecular weight excluding hydrogens is 330 g/mol. The van der Waals surface area contributed by atoms with Crippen molar-refractivity contribution in [3.05, 3.63) is 29.3 Å². The maximum Gasteiger partial charge on any atom is 0.307 e. The summed E-state index contributed by atoms with van der Waals surface area (Å²) in [7, 11) is 0. The first kappa shape index (κ1) is 18.7. The van der Waals surface area contributed by atoms with Crippen LogP contribution >= 0.6 is 0 Å².